The molecule has 78 valence electrons. The molecule has 0 heterocycles. The first-order valence-corrected chi connectivity index (χ1v) is 5.04. The van der Waals surface area contributed by atoms with Crippen LogP contribution in [-0.4, -0.2) is 0 Å². The van der Waals surface area contributed by atoms with Gasteiger partial charge in [-0.3, -0.25) is 0 Å². The van der Waals surface area contributed by atoms with Crippen molar-refractivity contribution < 1.29 is 0 Å². The summed E-state index contributed by atoms with van der Waals surface area (Å²) >= 11 is 0. The molecule has 0 saturated heterocycles. The van der Waals surface area contributed by atoms with Crippen LogP contribution in [0, 0.1) is 5.53 Å². The maximum absolute atomic E-state index is 6.86. The molecule has 0 saturated carbocycles. The minimum absolute atomic E-state index is 1.10. The molecule has 16 heavy (non-hydrogen) atoms. The lowest BCUT2D eigenvalue weighted by Crippen LogP contribution is -1.77. The maximum Gasteiger partial charge on any atom is -0.00135 e. The van der Waals surface area contributed by atoms with Crippen molar-refractivity contribution in [3.05, 3.63) is 70.1 Å². The third-order valence-electron chi connectivity index (χ3n) is 2.71. The molecule has 0 radical (unpaired) electrons. The van der Waals surface area contributed by atoms with Gasteiger partial charge in [0.2, 0.25) is 0 Å². The Morgan fingerprint density at radius 3 is 1.69 bits per heavy atom. The van der Waals surface area contributed by atoms with E-state index in [1.807, 2.05) is 0 Å². The molecule has 0 fully saturated rings. The highest BCUT2D eigenvalue weighted by atomic mass is 15.0. The zero-order valence-electron chi connectivity index (χ0n) is 8.72. The van der Waals surface area contributed by atoms with Gasteiger partial charge < -0.3 is 0 Å². The van der Waals surface area contributed by atoms with Crippen LogP contribution in [0.2, 0.25) is 0 Å². The number of nitrogens with zero attached hydrogens (tertiary/aromatic N) is 2. The lowest BCUT2D eigenvalue weighted by Gasteiger charge is -1.98. The average molecular weight is 209 g/mol. The molecule has 3 nitrogen and oxygen atoms in total. The van der Waals surface area contributed by atoms with Crippen molar-refractivity contribution in [2.24, 2.45) is 0 Å². The summed E-state index contributed by atoms with van der Waals surface area (Å²) in [6.07, 6.45) is 1.10. The van der Waals surface area contributed by atoms with Crippen LogP contribution in [0.1, 0.15) is 11.1 Å². The van der Waals surface area contributed by atoms with Crippen molar-refractivity contribution >= 4 is 0 Å². The first-order valence-electron chi connectivity index (χ1n) is 5.04. The molecule has 2 aromatic rings. The topological polar surface area (TPSA) is 60.3 Å². The zero-order chi connectivity index (χ0) is 11.4. The largest absolute Gasteiger partial charge is 0.108 e. The van der Waals surface area contributed by atoms with Crippen molar-refractivity contribution in [3.63, 3.8) is 0 Å². The van der Waals surface area contributed by atoms with E-state index < -0.39 is 0 Å². The highest BCUT2D eigenvalue weighted by Crippen LogP contribution is 2.35. The zero-order valence-corrected chi connectivity index (χ0v) is 8.72. The molecule has 0 atom stereocenters. The Morgan fingerprint density at radius 1 is 0.875 bits per heavy atom. The number of rotatable bonds is 0. The lowest BCUT2D eigenvalue weighted by atomic mass is 10.1. The van der Waals surface area contributed by atoms with E-state index in [2.05, 4.69) is 48.5 Å². The molecule has 0 bridgehead atoms. The summed E-state index contributed by atoms with van der Waals surface area (Å²) in [4.78, 5) is 1.75. The molecule has 1 aliphatic carbocycles. The third kappa shape index (κ3) is 1.76. The second kappa shape index (κ2) is 4.51. The van der Waals surface area contributed by atoms with Gasteiger partial charge in [0, 0.05) is 0 Å². The Hall–Kier alpha value is -2.25. The van der Waals surface area contributed by atoms with Crippen molar-refractivity contribution in [2.75, 3.05) is 0 Å². The van der Waals surface area contributed by atoms with Crippen molar-refractivity contribution in [2.45, 2.75) is 6.42 Å². The molecule has 1 N–H and O–H groups in total. The molecular weight excluding hydrogens is 198 g/mol. The molecule has 0 aliphatic heterocycles. The van der Waals surface area contributed by atoms with E-state index in [1.165, 1.54) is 22.3 Å². The third-order valence-corrected chi connectivity index (χ3v) is 2.71. The first kappa shape index (κ1) is 10.3. The van der Waals surface area contributed by atoms with Crippen LogP contribution in [0.3, 0.4) is 0 Å². The lowest BCUT2D eigenvalue weighted by molar-refractivity contribution is 1.26. The summed E-state index contributed by atoms with van der Waals surface area (Å²) in [5.41, 5.74) is 18.0. The summed E-state index contributed by atoms with van der Waals surface area (Å²) in [7, 11) is 0. The van der Waals surface area contributed by atoms with Crippen LogP contribution >= 0.6 is 0 Å². The highest BCUT2D eigenvalue weighted by molar-refractivity contribution is 5.76. The van der Waals surface area contributed by atoms with Crippen molar-refractivity contribution in [1.82, 2.24) is 0 Å². The summed E-state index contributed by atoms with van der Waals surface area (Å²) < 4.78 is 0. The van der Waals surface area contributed by atoms with Gasteiger partial charge in [0.1, 0.15) is 0 Å². The van der Waals surface area contributed by atoms with Crippen LogP contribution in [0.15, 0.2) is 48.5 Å². The average Bonchev–Trinajstić information content (AvgIpc) is 2.68. The summed E-state index contributed by atoms with van der Waals surface area (Å²) in [5.74, 6) is 0. The molecule has 3 heteroatoms. The molecular formula is C13H11N3. The van der Waals surface area contributed by atoms with Gasteiger partial charge >= 0.3 is 0 Å². The quantitative estimate of drug-likeness (QED) is 0.329. The molecule has 3 rings (SSSR count). The molecule has 0 unspecified atom stereocenters. The van der Waals surface area contributed by atoms with E-state index in [0.717, 1.165) is 6.42 Å². The van der Waals surface area contributed by atoms with Crippen LogP contribution in [0.5, 0.6) is 0 Å². The summed E-state index contributed by atoms with van der Waals surface area (Å²) in [5, 5.41) is 0. The van der Waals surface area contributed by atoms with E-state index in [1.54, 1.807) is 4.91 Å². The molecule has 0 spiro atoms. The number of fused-ring (bicyclic) bond motifs is 3. The minimum atomic E-state index is 1.10. The molecule has 0 amide bonds. The number of hydrogen-bond acceptors (Lipinski definition) is 1. The van der Waals surface area contributed by atoms with Gasteiger partial charge in [-0.2, -0.15) is 0 Å². The van der Waals surface area contributed by atoms with E-state index in [4.69, 9.17) is 11.1 Å². The van der Waals surface area contributed by atoms with Crippen LogP contribution < -0.4 is 0 Å². The Labute approximate surface area is 93.8 Å². The smallest absolute Gasteiger partial charge is 0.00135 e. The van der Waals surface area contributed by atoms with Gasteiger partial charge in [-0.15, -0.1) is 5.53 Å². The first-order chi connectivity index (χ1) is 7.86. The number of nitrogens with one attached hydrogen (secondary N) is 1. The van der Waals surface area contributed by atoms with Crippen LogP contribution in [-0.2, 0) is 6.42 Å². The Balaban J connectivity index is 0.000000292. The van der Waals surface area contributed by atoms with Gasteiger partial charge in [-0.1, -0.05) is 48.5 Å². The highest BCUT2D eigenvalue weighted by Gasteiger charge is 2.15. The fraction of sp³-hybridized carbons (Fsp3) is 0.0769. The predicted molar refractivity (Wildman–Crippen MR) is 64.1 cm³/mol. The summed E-state index contributed by atoms with van der Waals surface area (Å²) in [6, 6.07) is 17.3. The SMILES string of the molecule is [N-]=[N+]=N.c1ccc2c(c1)Cc1ccccc1-2. The normalized spacial score (nSPS) is 10.5. The standard InChI is InChI=1S/C13H10.HN3/c1-3-7-12-10(5-1)9-11-6-2-4-8-13(11)12;1-3-2/h1-8H,9H2;1H. The Morgan fingerprint density at radius 2 is 1.25 bits per heavy atom. The Kier molecular flexibility index (Phi) is 2.90. The maximum atomic E-state index is 6.86. The fourth-order valence-corrected chi connectivity index (χ4v) is 2.08. The van der Waals surface area contributed by atoms with E-state index >= 15 is 0 Å². The second-order valence-electron chi connectivity index (χ2n) is 3.59. The second-order valence-corrected chi connectivity index (χ2v) is 3.59. The van der Waals surface area contributed by atoms with E-state index in [0.29, 0.717) is 0 Å². The van der Waals surface area contributed by atoms with Gasteiger partial charge in [-0.25, -0.2) is 0 Å². The molecule has 2 aromatic carbocycles. The minimum Gasteiger partial charge on any atom is -0.108 e. The van der Waals surface area contributed by atoms with E-state index in [-0.39, 0.29) is 0 Å². The van der Waals surface area contributed by atoms with Crippen molar-refractivity contribution in [3.8, 4) is 11.1 Å². The van der Waals surface area contributed by atoms with Gasteiger partial charge in [-0.05, 0) is 39.1 Å². The predicted octanol–water partition coefficient (Wildman–Crippen LogP) is 4.13. The number of hydrogen-bond donors (Lipinski definition) is 1. The van der Waals surface area contributed by atoms with Crippen LogP contribution in [0.25, 0.3) is 21.6 Å². The fourth-order valence-electron chi connectivity index (χ4n) is 2.08. The van der Waals surface area contributed by atoms with Crippen LogP contribution in [0.4, 0.5) is 0 Å². The van der Waals surface area contributed by atoms with Crippen molar-refractivity contribution in [1.29, 1.82) is 5.53 Å². The monoisotopic (exact) mass is 209 g/mol. The van der Waals surface area contributed by atoms with Gasteiger partial charge in [0.25, 0.3) is 0 Å². The number of benzene rings is 2. The van der Waals surface area contributed by atoms with E-state index in [9.17, 15) is 0 Å². The summed E-state index contributed by atoms with van der Waals surface area (Å²) in [6.45, 7) is 0. The molecule has 0 aromatic heterocycles. The van der Waals surface area contributed by atoms with Gasteiger partial charge in [0.05, 0.1) is 0 Å². The van der Waals surface area contributed by atoms with Gasteiger partial charge in [0.15, 0.2) is 0 Å². The molecule has 1 aliphatic rings. The Bertz CT molecular complexity index is 497.